The number of Topliss-reactive ketones (excluding diaryl/α,β-unsaturated/α-hetero) is 1. The van der Waals surface area contributed by atoms with Crippen LogP contribution in [0.1, 0.15) is 54.4 Å². The number of rotatable bonds is 5. The lowest BCUT2D eigenvalue weighted by atomic mass is 9.84. The molecule has 1 fully saturated rings. The molecule has 0 aromatic heterocycles. The van der Waals surface area contributed by atoms with Crippen molar-refractivity contribution in [2.75, 3.05) is 0 Å². The van der Waals surface area contributed by atoms with Crippen molar-refractivity contribution < 1.29 is 9.59 Å². The fraction of sp³-hybridized carbons (Fsp3) is 0.867. The van der Waals surface area contributed by atoms with Crippen molar-refractivity contribution in [1.82, 2.24) is 5.32 Å². The number of amides is 1. The molecule has 1 amide bonds. The van der Waals surface area contributed by atoms with E-state index in [9.17, 15) is 9.59 Å². The van der Waals surface area contributed by atoms with Crippen LogP contribution in [0.4, 0.5) is 0 Å². The topological polar surface area (TPSA) is 46.2 Å². The van der Waals surface area contributed by atoms with Gasteiger partial charge in [-0.15, -0.1) is 0 Å². The van der Waals surface area contributed by atoms with Crippen LogP contribution in [-0.2, 0) is 9.59 Å². The maximum absolute atomic E-state index is 12.1. The van der Waals surface area contributed by atoms with Gasteiger partial charge in [0.1, 0.15) is 0 Å². The van der Waals surface area contributed by atoms with E-state index < -0.39 is 0 Å². The molecule has 0 aromatic rings. The highest BCUT2D eigenvalue weighted by Gasteiger charge is 2.44. The number of carbonyl (C=O) groups is 2. The minimum atomic E-state index is -0.370. The third kappa shape index (κ3) is 4.11. The fourth-order valence-electron chi connectivity index (χ4n) is 2.61. The summed E-state index contributed by atoms with van der Waals surface area (Å²) >= 11 is 0. The van der Waals surface area contributed by atoms with E-state index >= 15 is 0 Å². The van der Waals surface area contributed by atoms with E-state index in [1.165, 1.54) is 0 Å². The van der Waals surface area contributed by atoms with Gasteiger partial charge >= 0.3 is 0 Å². The smallest absolute Gasteiger partial charge is 0.223 e. The van der Waals surface area contributed by atoms with Crippen LogP contribution in [0.2, 0.25) is 0 Å². The first-order valence-corrected chi connectivity index (χ1v) is 6.93. The average Bonchev–Trinajstić information content (AvgIpc) is 2.89. The monoisotopic (exact) mass is 253 g/mol. The molecule has 1 saturated carbocycles. The van der Waals surface area contributed by atoms with Gasteiger partial charge in [0.25, 0.3) is 0 Å². The predicted molar refractivity (Wildman–Crippen MR) is 73.1 cm³/mol. The Labute approximate surface area is 111 Å². The van der Waals surface area contributed by atoms with Crippen LogP contribution in [0, 0.1) is 23.2 Å². The van der Waals surface area contributed by atoms with E-state index in [0.29, 0.717) is 11.8 Å². The second kappa shape index (κ2) is 5.41. The van der Waals surface area contributed by atoms with Gasteiger partial charge in [0.05, 0.1) is 6.04 Å². The third-order valence-electron chi connectivity index (χ3n) is 3.59. The maximum atomic E-state index is 12.1. The maximum Gasteiger partial charge on any atom is 0.223 e. The van der Waals surface area contributed by atoms with Gasteiger partial charge in [0, 0.05) is 5.92 Å². The van der Waals surface area contributed by atoms with Crippen molar-refractivity contribution in [3.63, 3.8) is 0 Å². The van der Waals surface area contributed by atoms with E-state index in [2.05, 4.69) is 19.2 Å². The standard InChI is InChI=1S/C15H27NO2/c1-9(2)7-11-8-12(11)14(18)16-13(10(3)17)15(4,5)6/h9,11-13H,7-8H2,1-6H3,(H,16,18)/t11?,12-,13-/m1/s1. The van der Waals surface area contributed by atoms with Crippen LogP contribution >= 0.6 is 0 Å². The second-order valence-electron chi connectivity index (χ2n) is 7.15. The zero-order valence-corrected chi connectivity index (χ0v) is 12.5. The van der Waals surface area contributed by atoms with Gasteiger partial charge in [0.15, 0.2) is 5.78 Å². The number of hydrogen-bond donors (Lipinski definition) is 1. The molecule has 3 atom stereocenters. The van der Waals surface area contributed by atoms with Gasteiger partial charge in [0.2, 0.25) is 5.91 Å². The zero-order chi connectivity index (χ0) is 14.1. The summed E-state index contributed by atoms with van der Waals surface area (Å²) in [6.07, 6.45) is 2.09. The average molecular weight is 253 g/mol. The first kappa shape index (κ1) is 15.2. The molecule has 0 spiro atoms. The van der Waals surface area contributed by atoms with Gasteiger partial charge < -0.3 is 5.32 Å². The minimum absolute atomic E-state index is 0.0388. The Morgan fingerprint density at radius 1 is 1.28 bits per heavy atom. The van der Waals surface area contributed by atoms with Crippen molar-refractivity contribution in [3.8, 4) is 0 Å². The number of ketones is 1. The minimum Gasteiger partial charge on any atom is -0.346 e. The van der Waals surface area contributed by atoms with Crippen molar-refractivity contribution in [1.29, 1.82) is 0 Å². The van der Waals surface area contributed by atoms with Crippen LogP contribution in [0.3, 0.4) is 0 Å². The molecule has 3 nitrogen and oxygen atoms in total. The summed E-state index contributed by atoms with van der Waals surface area (Å²) in [6, 6.07) is -0.370. The molecule has 1 N–H and O–H groups in total. The number of nitrogens with one attached hydrogen (secondary N) is 1. The Kier molecular flexibility index (Phi) is 4.57. The molecule has 1 aliphatic rings. The van der Waals surface area contributed by atoms with Crippen LogP contribution in [-0.4, -0.2) is 17.7 Å². The van der Waals surface area contributed by atoms with Crippen molar-refractivity contribution in [3.05, 3.63) is 0 Å². The summed E-state index contributed by atoms with van der Waals surface area (Å²) in [4.78, 5) is 23.7. The van der Waals surface area contributed by atoms with Gasteiger partial charge in [-0.25, -0.2) is 0 Å². The molecule has 0 aliphatic heterocycles. The molecular formula is C15H27NO2. The lowest BCUT2D eigenvalue weighted by Crippen LogP contribution is -2.48. The third-order valence-corrected chi connectivity index (χ3v) is 3.59. The molecule has 1 unspecified atom stereocenters. The van der Waals surface area contributed by atoms with E-state index in [-0.39, 0.29) is 29.1 Å². The van der Waals surface area contributed by atoms with Gasteiger partial charge in [-0.05, 0) is 37.0 Å². The van der Waals surface area contributed by atoms with Gasteiger partial charge in [-0.3, -0.25) is 9.59 Å². The van der Waals surface area contributed by atoms with E-state index in [0.717, 1.165) is 12.8 Å². The molecule has 0 heterocycles. The van der Waals surface area contributed by atoms with Crippen LogP contribution in [0.15, 0.2) is 0 Å². The Bertz CT molecular complexity index is 328. The van der Waals surface area contributed by atoms with Gasteiger partial charge in [-0.2, -0.15) is 0 Å². The predicted octanol–water partition coefficient (Wildman–Crippen LogP) is 2.79. The first-order valence-electron chi connectivity index (χ1n) is 6.93. The molecule has 0 radical (unpaired) electrons. The summed E-state index contributed by atoms with van der Waals surface area (Å²) in [6.45, 7) is 11.9. The highest BCUT2D eigenvalue weighted by atomic mass is 16.2. The molecule has 0 aromatic carbocycles. The number of hydrogen-bond acceptors (Lipinski definition) is 2. The highest BCUT2D eigenvalue weighted by Crippen LogP contribution is 2.43. The largest absolute Gasteiger partial charge is 0.346 e. The van der Waals surface area contributed by atoms with Crippen molar-refractivity contribution >= 4 is 11.7 Å². The zero-order valence-electron chi connectivity index (χ0n) is 12.5. The summed E-state index contributed by atoms with van der Waals surface area (Å²) in [5.41, 5.74) is -0.218. The van der Waals surface area contributed by atoms with Crippen molar-refractivity contribution in [2.24, 2.45) is 23.2 Å². The molecule has 1 aliphatic carbocycles. The molecule has 0 saturated heterocycles. The van der Waals surface area contributed by atoms with Crippen LogP contribution < -0.4 is 5.32 Å². The Balaban J connectivity index is 2.52. The van der Waals surface area contributed by atoms with Crippen LogP contribution in [0.25, 0.3) is 0 Å². The quantitative estimate of drug-likeness (QED) is 0.819. The molecule has 18 heavy (non-hydrogen) atoms. The van der Waals surface area contributed by atoms with E-state index in [1.54, 1.807) is 6.92 Å². The Morgan fingerprint density at radius 2 is 1.83 bits per heavy atom. The Morgan fingerprint density at radius 3 is 2.22 bits per heavy atom. The second-order valence-corrected chi connectivity index (χ2v) is 7.15. The van der Waals surface area contributed by atoms with Gasteiger partial charge in [-0.1, -0.05) is 34.6 Å². The summed E-state index contributed by atoms with van der Waals surface area (Å²) < 4.78 is 0. The SMILES string of the molecule is CC(=O)[C@@H](NC(=O)[C@@H]1CC1CC(C)C)C(C)(C)C. The summed E-state index contributed by atoms with van der Waals surface area (Å²) in [7, 11) is 0. The number of carbonyl (C=O) groups excluding carboxylic acids is 2. The molecule has 0 bridgehead atoms. The fourth-order valence-corrected chi connectivity index (χ4v) is 2.61. The Hall–Kier alpha value is -0.860. The van der Waals surface area contributed by atoms with Crippen LogP contribution in [0.5, 0.6) is 0 Å². The molecule has 104 valence electrons. The lowest BCUT2D eigenvalue weighted by Gasteiger charge is -2.29. The first-order chi connectivity index (χ1) is 8.12. The normalized spacial score (nSPS) is 24.8. The lowest BCUT2D eigenvalue weighted by molar-refractivity contribution is -0.130. The molecule has 3 heteroatoms. The van der Waals surface area contributed by atoms with Crippen molar-refractivity contribution in [2.45, 2.75) is 60.4 Å². The van der Waals surface area contributed by atoms with E-state index in [4.69, 9.17) is 0 Å². The molecule has 1 rings (SSSR count). The summed E-state index contributed by atoms with van der Waals surface area (Å²) in [5.74, 6) is 1.40. The van der Waals surface area contributed by atoms with E-state index in [1.807, 2.05) is 20.8 Å². The molecular weight excluding hydrogens is 226 g/mol. The highest BCUT2D eigenvalue weighted by molar-refractivity contribution is 5.90. The summed E-state index contributed by atoms with van der Waals surface area (Å²) in [5, 5.41) is 2.93.